The van der Waals surface area contributed by atoms with Crippen molar-refractivity contribution < 1.29 is 9.84 Å². The van der Waals surface area contributed by atoms with E-state index in [0.717, 1.165) is 16.6 Å². The zero-order chi connectivity index (χ0) is 10.4. The molecule has 0 spiro atoms. The highest BCUT2D eigenvalue weighted by atomic mass is 79.9. The molecule has 0 amide bonds. The number of hydrogen-bond acceptors (Lipinski definition) is 2. The van der Waals surface area contributed by atoms with Crippen LogP contribution in [-0.2, 0) is 0 Å². The molecule has 0 radical (unpaired) electrons. The fraction of sp³-hybridized carbons (Fsp3) is 0.455. The maximum atomic E-state index is 9.09. The van der Waals surface area contributed by atoms with Crippen LogP contribution in [0.1, 0.15) is 18.4 Å². The summed E-state index contributed by atoms with van der Waals surface area (Å²) in [4.78, 5) is 0. The molecular weight excluding hydrogens is 244 g/mol. The van der Waals surface area contributed by atoms with Gasteiger partial charge in [0.15, 0.2) is 0 Å². The van der Waals surface area contributed by atoms with Crippen molar-refractivity contribution in [3.8, 4) is 5.75 Å². The highest BCUT2D eigenvalue weighted by Crippen LogP contribution is 2.20. The van der Waals surface area contributed by atoms with Gasteiger partial charge in [-0.1, -0.05) is 28.1 Å². The molecule has 2 nitrogen and oxygen atoms in total. The second kappa shape index (κ2) is 6.04. The Morgan fingerprint density at radius 1 is 1.36 bits per heavy atom. The first-order chi connectivity index (χ1) is 6.81. The number of benzene rings is 1. The predicted molar refractivity (Wildman–Crippen MR) is 61.2 cm³/mol. The van der Waals surface area contributed by atoms with Gasteiger partial charge in [-0.3, -0.25) is 0 Å². The van der Waals surface area contributed by atoms with Gasteiger partial charge in [-0.15, -0.1) is 0 Å². The van der Waals surface area contributed by atoms with Crippen LogP contribution in [0.15, 0.2) is 24.3 Å². The van der Waals surface area contributed by atoms with Crippen molar-refractivity contribution in [1.82, 2.24) is 0 Å². The molecule has 0 heterocycles. The van der Waals surface area contributed by atoms with Crippen molar-refractivity contribution >= 4 is 15.9 Å². The summed E-state index contributed by atoms with van der Waals surface area (Å²) < 4.78 is 5.33. The molecule has 0 aliphatic carbocycles. The van der Waals surface area contributed by atoms with Gasteiger partial charge in [0.25, 0.3) is 0 Å². The van der Waals surface area contributed by atoms with Crippen LogP contribution in [0.25, 0.3) is 0 Å². The smallest absolute Gasteiger partial charge is 0.119 e. The van der Waals surface area contributed by atoms with Gasteiger partial charge in [0.05, 0.1) is 13.2 Å². The third-order valence-electron chi connectivity index (χ3n) is 2.07. The standard InChI is InChI=1S/C11H15BrO2/c1-2-14-11-5-3-9(4-6-11)10(7-12)8-13/h3-6,10,13H,2,7-8H2,1H3. The van der Waals surface area contributed by atoms with Gasteiger partial charge < -0.3 is 9.84 Å². The van der Waals surface area contributed by atoms with E-state index in [9.17, 15) is 0 Å². The summed E-state index contributed by atoms with van der Waals surface area (Å²) in [6, 6.07) is 7.86. The Labute approximate surface area is 93.0 Å². The van der Waals surface area contributed by atoms with Crippen LogP contribution in [0.4, 0.5) is 0 Å². The lowest BCUT2D eigenvalue weighted by Crippen LogP contribution is -2.05. The SMILES string of the molecule is CCOc1ccc(C(CO)CBr)cc1. The van der Waals surface area contributed by atoms with Crippen molar-refractivity contribution in [1.29, 1.82) is 0 Å². The van der Waals surface area contributed by atoms with Gasteiger partial charge in [-0.05, 0) is 24.6 Å². The molecule has 1 N–H and O–H groups in total. The minimum absolute atomic E-state index is 0.166. The van der Waals surface area contributed by atoms with Crippen molar-refractivity contribution in [2.24, 2.45) is 0 Å². The van der Waals surface area contributed by atoms with Crippen LogP contribution in [0.5, 0.6) is 5.75 Å². The van der Waals surface area contributed by atoms with Crippen molar-refractivity contribution in [2.75, 3.05) is 18.5 Å². The number of aliphatic hydroxyl groups excluding tert-OH is 1. The zero-order valence-corrected chi connectivity index (χ0v) is 9.83. The number of aliphatic hydroxyl groups is 1. The minimum Gasteiger partial charge on any atom is -0.494 e. The van der Waals surface area contributed by atoms with E-state index in [1.165, 1.54) is 0 Å². The first-order valence-electron chi connectivity index (χ1n) is 4.71. The number of hydrogen-bond donors (Lipinski definition) is 1. The van der Waals surface area contributed by atoms with E-state index in [0.29, 0.717) is 6.61 Å². The topological polar surface area (TPSA) is 29.5 Å². The molecule has 3 heteroatoms. The van der Waals surface area contributed by atoms with Gasteiger partial charge in [0.1, 0.15) is 5.75 Å². The Bertz CT molecular complexity index is 254. The van der Waals surface area contributed by atoms with Gasteiger partial charge in [0, 0.05) is 11.2 Å². The van der Waals surface area contributed by atoms with E-state index in [4.69, 9.17) is 9.84 Å². The highest BCUT2D eigenvalue weighted by molar-refractivity contribution is 9.09. The van der Waals surface area contributed by atoms with Crippen LogP contribution in [-0.4, -0.2) is 23.7 Å². The van der Waals surface area contributed by atoms with E-state index in [2.05, 4.69) is 15.9 Å². The summed E-state index contributed by atoms with van der Waals surface area (Å²) in [7, 11) is 0. The van der Waals surface area contributed by atoms with Crippen LogP contribution in [0.3, 0.4) is 0 Å². The van der Waals surface area contributed by atoms with Gasteiger partial charge in [-0.25, -0.2) is 0 Å². The third-order valence-corrected chi connectivity index (χ3v) is 2.85. The summed E-state index contributed by atoms with van der Waals surface area (Å²) in [6.45, 7) is 2.81. The Kier molecular flexibility index (Phi) is 4.98. The molecular formula is C11H15BrO2. The van der Waals surface area contributed by atoms with Crippen molar-refractivity contribution in [3.63, 3.8) is 0 Å². The van der Waals surface area contributed by atoms with E-state index in [-0.39, 0.29) is 12.5 Å². The number of alkyl halides is 1. The second-order valence-electron chi connectivity index (χ2n) is 3.04. The lowest BCUT2D eigenvalue weighted by molar-refractivity contribution is 0.275. The van der Waals surface area contributed by atoms with Crippen LogP contribution in [0.2, 0.25) is 0 Å². The third kappa shape index (κ3) is 3.00. The fourth-order valence-electron chi connectivity index (χ4n) is 1.25. The molecule has 1 aromatic rings. The molecule has 1 unspecified atom stereocenters. The Hall–Kier alpha value is -0.540. The summed E-state index contributed by atoms with van der Waals surface area (Å²) in [5.74, 6) is 1.05. The normalized spacial score (nSPS) is 12.5. The quantitative estimate of drug-likeness (QED) is 0.823. The van der Waals surface area contributed by atoms with Crippen molar-refractivity contribution in [3.05, 3.63) is 29.8 Å². The van der Waals surface area contributed by atoms with Crippen LogP contribution < -0.4 is 4.74 Å². The van der Waals surface area contributed by atoms with E-state index < -0.39 is 0 Å². The lowest BCUT2D eigenvalue weighted by atomic mass is 10.0. The summed E-state index contributed by atoms with van der Waals surface area (Å²) in [5, 5.41) is 9.87. The minimum atomic E-state index is 0.166. The molecule has 14 heavy (non-hydrogen) atoms. The second-order valence-corrected chi connectivity index (χ2v) is 3.68. The molecule has 0 aromatic heterocycles. The average molecular weight is 259 g/mol. The van der Waals surface area contributed by atoms with E-state index in [1.807, 2.05) is 31.2 Å². The largest absolute Gasteiger partial charge is 0.494 e. The lowest BCUT2D eigenvalue weighted by Gasteiger charge is -2.11. The monoisotopic (exact) mass is 258 g/mol. The number of halogens is 1. The summed E-state index contributed by atoms with van der Waals surface area (Å²) in [6.07, 6.45) is 0. The van der Waals surface area contributed by atoms with Crippen molar-refractivity contribution in [2.45, 2.75) is 12.8 Å². The van der Waals surface area contributed by atoms with Gasteiger partial charge in [0.2, 0.25) is 0 Å². The summed E-state index contributed by atoms with van der Waals surface area (Å²) >= 11 is 3.37. The molecule has 0 fully saturated rings. The van der Waals surface area contributed by atoms with E-state index in [1.54, 1.807) is 0 Å². The van der Waals surface area contributed by atoms with Gasteiger partial charge >= 0.3 is 0 Å². The van der Waals surface area contributed by atoms with E-state index >= 15 is 0 Å². The molecule has 0 saturated heterocycles. The summed E-state index contributed by atoms with van der Waals surface area (Å²) in [5.41, 5.74) is 1.13. The predicted octanol–water partition coefficient (Wildman–Crippen LogP) is 2.56. The zero-order valence-electron chi connectivity index (χ0n) is 8.24. The average Bonchev–Trinajstić information content (AvgIpc) is 2.23. The van der Waals surface area contributed by atoms with Crippen LogP contribution >= 0.6 is 15.9 Å². The first-order valence-corrected chi connectivity index (χ1v) is 5.83. The molecule has 78 valence electrons. The Balaban J connectivity index is 2.71. The molecule has 0 aliphatic rings. The number of rotatable bonds is 5. The molecule has 1 rings (SSSR count). The molecule has 1 aromatic carbocycles. The fourth-order valence-corrected chi connectivity index (χ4v) is 1.82. The number of ether oxygens (including phenoxy) is 1. The Morgan fingerprint density at radius 3 is 2.43 bits per heavy atom. The first kappa shape index (κ1) is 11.5. The van der Waals surface area contributed by atoms with Gasteiger partial charge in [-0.2, -0.15) is 0 Å². The Morgan fingerprint density at radius 2 is 2.00 bits per heavy atom. The maximum absolute atomic E-state index is 9.09. The molecule has 0 bridgehead atoms. The maximum Gasteiger partial charge on any atom is 0.119 e. The van der Waals surface area contributed by atoms with Crippen LogP contribution in [0, 0.1) is 0 Å². The molecule has 1 atom stereocenters. The molecule has 0 aliphatic heterocycles. The highest BCUT2D eigenvalue weighted by Gasteiger charge is 2.07. The molecule has 0 saturated carbocycles.